The van der Waals surface area contributed by atoms with E-state index < -0.39 is 5.41 Å². The van der Waals surface area contributed by atoms with Crippen LogP contribution in [0, 0.1) is 0 Å². The summed E-state index contributed by atoms with van der Waals surface area (Å²) in [6, 6.07) is 96.4. The number of hydrogen-bond donors (Lipinski definition) is 0. The Morgan fingerprint density at radius 1 is 0.212 bits per heavy atom. The molecule has 0 aromatic heterocycles. The lowest BCUT2D eigenvalue weighted by Crippen LogP contribution is -2.26. The van der Waals surface area contributed by atoms with Crippen LogP contribution < -0.4 is 4.90 Å². The van der Waals surface area contributed by atoms with Crippen LogP contribution in [0.5, 0.6) is 0 Å². The van der Waals surface area contributed by atoms with Gasteiger partial charge in [-0.3, -0.25) is 0 Å². The Bertz CT molecular complexity index is 3490. The summed E-state index contributed by atoms with van der Waals surface area (Å²) in [6.45, 7) is 0. The highest BCUT2D eigenvalue weighted by Crippen LogP contribution is 2.63. The van der Waals surface area contributed by atoms with Crippen molar-refractivity contribution in [3.05, 3.63) is 283 Å². The third-order valence-corrected chi connectivity index (χ3v) is 14.1. The lowest BCUT2D eigenvalue weighted by molar-refractivity contribution is 0.794. The van der Waals surface area contributed by atoms with Crippen LogP contribution in [0.3, 0.4) is 0 Å². The molecule has 11 aromatic carbocycles. The minimum Gasteiger partial charge on any atom is -0.310 e. The fourth-order valence-electron chi connectivity index (χ4n) is 11.0. The van der Waals surface area contributed by atoms with E-state index in [-0.39, 0.29) is 0 Å². The van der Waals surface area contributed by atoms with Crippen molar-refractivity contribution in [3.63, 3.8) is 0 Å². The minimum absolute atomic E-state index is 0.528. The largest absolute Gasteiger partial charge is 0.310 e. The number of rotatable bonds is 7. The minimum atomic E-state index is -0.528. The van der Waals surface area contributed by atoms with Crippen LogP contribution in [0.4, 0.5) is 17.1 Å². The molecule has 0 amide bonds. The molecule has 308 valence electrons. The van der Waals surface area contributed by atoms with E-state index in [1.165, 1.54) is 99.8 Å². The molecule has 0 radical (unpaired) electrons. The molecular weight excluding hydrogens is 795 g/mol. The highest BCUT2D eigenvalue weighted by Gasteiger charge is 2.52. The number of benzene rings is 11. The van der Waals surface area contributed by atoms with Crippen molar-refractivity contribution in [1.82, 2.24) is 0 Å². The first-order chi connectivity index (χ1) is 32.7. The van der Waals surface area contributed by atoms with Gasteiger partial charge in [0, 0.05) is 17.1 Å². The average molecular weight is 838 g/mol. The van der Waals surface area contributed by atoms with Gasteiger partial charge in [0.1, 0.15) is 0 Å². The molecule has 0 aliphatic heterocycles. The van der Waals surface area contributed by atoms with E-state index in [0.29, 0.717) is 0 Å². The first-order valence-corrected chi connectivity index (χ1v) is 22.9. The average Bonchev–Trinajstić information content (AvgIpc) is 3.86. The molecule has 0 saturated heterocycles. The van der Waals surface area contributed by atoms with Gasteiger partial charge in [-0.15, -0.1) is 0 Å². The Balaban J connectivity index is 0.992. The molecule has 2 aliphatic carbocycles. The Kier molecular flexibility index (Phi) is 8.82. The van der Waals surface area contributed by atoms with Gasteiger partial charge < -0.3 is 4.90 Å². The molecular formula is C65H43N. The van der Waals surface area contributed by atoms with Gasteiger partial charge in [-0.05, 0) is 154 Å². The second-order valence-corrected chi connectivity index (χ2v) is 17.6. The molecule has 1 heteroatoms. The third-order valence-electron chi connectivity index (χ3n) is 14.1. The lowest BCUT2D eigenvalue weighted by Gasteiger charge is -2.32. The first kappa shape index (κ1) is 38.0. The van der Waals surface area contributed by atoms with Crippen molar-refractivity contribution >= 4 is 27.8 Å². The van der Waals surface area contributed by atoms with Crippen LogP contribution in [0.25, 0.3) is 77.5 Å². The summed E-state index contributed by atoms with van der Waals surface area (Å²) in [5.41, 5.74) is 22.9. The van der Waals surface area contributed by atoms with Gasteiger partial charge in [0.15, 0.2) is 0 Å². The molecule has 13 rings (SSSR count). The van der Waals surface area contributed by atoms with E-state index in [4.69, 9.17) is 0 Å². The SMILES string of the molecule is c1ccc(-c2ccc(N(c3ccc(-c4ccccc4)cc3)c3ccc4c(c3)C3(c5ccccc5-c5ccccc53)c3cc(-c5cccc(-c6ccc7ccccc7c6)c5)ccc3-4)cc2)cc1. The summed E-state index contributed by atoms with van der Waals surface area (Å²) in [5.74, 6) is 0. The summed E-state index contributed by atoms with van der Waals surface area (Å²) in [5, 5.41) is 2.51. The predicted molar refractivity (Wildman–Crippen MR) is 277 cm³/mol. The molecule has 0 atom stereocenters. The molecule has 0 bridgehead atoms. The van der Waals surface area contributed by atoms with Crippen LogP contribution >= 0.6 is 0 Å². The van der Waals surface area contributed by atoms with Gasteiger partial charge in [0.05, 0.1) is 5.41 Å². The molecule has 0 heterocycles. The fraction of sp³-hybridized carbons (Fsp3) is 0.0154. The quantitative estimate of drug-likeness (QED) is 0.155. The molecule has 0 fully saturated rings. The van der Waals surface area contributed by atoms with Crippen LogP contribution in [0.1, 0.15) is 22.3 Å². The smallest absolute Gasteiger partial charge is 0.0726 e. The van der Waals surface area contributed by atoms with Crippen LogP contribution in [-0.2, 0) is 5.41 Å². The standard InChI is InChI=1S/C65H43N/c1-3-14-44(15-4-1)47-28-33-54(34-29-47)66(55-35-30-48(31-36-55)45-16-5-2-6-17-45)56-37-39-60-59-38-32-53(51-21-13-20-50(41-51)52-27-26-46-18-7-8-19-49(46)40-52)42-63(59)65(64(60)43-56)61-24-11-9-22-57(61)58-23-10-12-25-62(58)65/h1-43H. The zero-order valence-corrected chi connectivity index (χ0v) is 36.3. The maximum absolute atomic E-state index is 2.50. The van der Waals surface area contributed by atoms with Gasteiger partial charge in [-0.25, -0.2) is 0 Å². The molecule has 0 unspecified atom stereocenters. The molecule has 2 aliphatic rings. The molecule has 1 nitrogen and oxygen atoms in total. The second kappa shape index (κ2) is 15.3. The van der Waals surface area contributed by atoms with Gasteiger partial charge in [0.25, 0.3) is 0 Å². The monoisotopic (exact) mass is 837 g/mol. The Morgan fingerprint density at radius 2 is 0.606 bits per heavy atom. The number of hydrogen-bond acceptors (Lipinski definition) is 1. The second-order valence-electron chi connectivity index (χ2n) is 17.6. The summed E-state index contributed by atoms with van der Waals surface area (Å²) in [7, 11) is 0. The first-order valence-electron chi connectivity index (χ1n) is 22.9. The molecule has 1 spiro atoms. The topological polar surface area (TPSA) is 3.24 Å². The fourth-order valence-corrected chi connectivity index (χ4v) is 11.0. The van der Waals surface area contributed by atoms with E-state index in [0.717, 1.165) is 17.1 Å². The van der Waals surface area contributed by atoms with Crippen molar-refractivity contribution in [3.8, 4) is 66.8 Å². The lowest BCUT2D eigenvalue weighted by atomic mass is 9.70. The number of anilines is 3. The summed E-state index contributed by atoms with van der Waals surface area (Å²) < 4.78 is 0. The van der Waals surface area contributed by atoms with Crippen molar-refractivity contribution in [2.45, 2.75) is 5.41 Å². The normalized spacial score (nSPS) is 12.7. The summed E-state index contributed by atoms with van der Waals surface area (Å²) >= 11 is 0. The number of nitrogens with zero attached hydrogens (tertiary/aromatic N) is 1. The van der Waals surface area contributed by atoms with Crippen LogP contribution in [0.15, 0.2) is 261 Å². The van der Waals surface area contributed by atoms with Crippen molar-refractivity contribution < 1.29 is 0 Å². The zero-order valence-electron chi connectivity index (χ0n) is 36.3. The third kappa shape index (κ3) is 6.01. The van der Waals surface area contributed by atoms with E-state index in [1.807, 2.05) is 0 Å². The Hall–Kier alpha value is -8.52. The molecule has 11 aromatic rings. The molecule has 0 saturated carbocycles. The maximum atomic E-state index is 2.50. The van der Waals surface area contributed by atoms with Crippen molar-refractivity contribution in [1.29, 1.82) is 0 Å². The van der Waals surface area contributed by atoms with E-state index in [1.54, 1.807) is 0 Å². The number of fused-ring (bicyclic) bond motifs is 11. The summed E-state index contributed by atoms with van der Waals surface area (Å²) in [6.07, 6.45) is 0. The van der Waals surface area contributed by atoms with Gasteiger partial charge in [0.2, 0.25) is 0 Å². The van der Waals surface area contributed by atoms with Crippen LogP contribution in [0.2, 0.25) is 0 Å². The Labute approximate surface area is 386 Å². The highest BCUT2D eigenvalue weighted by molar-refractivity contribution is 5.98. The van der Waals surface area contributed by atoms with Crippen molar-refractivity contribution in [2.75, 3.05) is 4.90 Å². The van der Waals surface area contributed by atoms with Gasteiger partial charge >= 0.3 is 0 Å². The van der Waals surface area contributed by atoms with Gasteiger partial charge in [-0.1, -0.05) is 206 Å². The maximum Gasteiger partial charge on any atom is 0.0726 e. The molecule has 0 N–H and O–H groups in total. The van der Waals surface area contributed by atoms with Crippen molar-refractivity contribution in [2.24, 2.45) is 0 Å². The Morgan fingerprint density at radius 3 is 1.21 bits per heavy atom. The molecule has 66 heavy (non-hydrogen) atoms. The zero-order chi connectivity index (χ0) is 43.6. The van der Waals surface area contributed by atoms with E-state index in [2.05, 4.69) is 266 Å². The van der Waals surface area contributed by atoms with E-state index >= 15 is 0 Å². The van der Waals surface area contributed by atoms with Crippen LogP contribution in [-0.4, -0.2) is 0 Å². The van der Waals surface area contributed by atoms with Gasteiger partial charge in [-0.2, -0.15) is 0 Å². The van der Waals surface area contributed by atoms with E-state index in [9.17, 15) is 0 Å². The predicted octanol–water partition coefficient (Wildman–Crippen LogP) is 17.3. The summed E-state index contributed by atoms with van der Waals surface area (Å²) in [4.78, 5) is 2.43. The highest BCUT2D eigenvalue weighted by atomic mass is 15.1.